The average molecular weight is 1560 g/mol. The third-order valence-corrected chi connectivity index (χ3v) is 34.2. The molecule has 118 heavy (non-hydrogen) atoms. The molecule has 0 atom stereocenters. The lowest BCUT2D eigenvalue weighted by Gasteiger charge is -2.45. The maximum Gasteiger partial charge on any atom is 0.252 e. The van der Waals surface area contributed by atoms with E-state index in [1.165, 1.54) is 85.7 Å². The quantitative estimate of drug-likeness (QED) is 0.0662. The lowest BCUT2D eigenvalue weighted by atomic mass is 9.33. The highest BCUT2D eigenvalue weighted by Crippen LogP contribution is 2.51. The van der Waals surface area contributed by atoms with Crippen molar-refractivity contribution in [2.24, 2.45) is 0 Å². The number of anilines is 6. The van der Waals surface area contributed by atoms with Crippen LogP contribution in [0.4, 0.5) is 34.1 Å². The van der Waals surface area contributed by atoms with Gasteiger partial charge in [-0.15, -0.1) is 0 Å². The summed E-state index contributed by atoms with van der Waals surface area (Å²) in [4.78, 5) is 5.21. The van der Waals surface area contributed by atoms with Crippen molar-refractivity contribution in [1.82, 2.24) is 0 Å². The van der Waals surface area contributed by atoms with Gasteiger partial charge in [0, 0.05) is 39.0 Å². The van der Waals surface area contributed by atoms with Gasteiger partial charge in [-0.05, 0) is 202 Å². The number of hydrogen-bond donors (Lipinski definition) is 0. The fourth-order valence-electron chi connectivity index (χ4n) is 18.9. The minimum absolute atomic E-state index is 0.249. The Bertz CT molecular complexity index is 6390. The highest BCUT2D eigenvalue weighted by molar-refractivity contribution is 7.22. The van der Waals surface area contributed by atoms with Gasteiger partial charge in [-0.25, -0.2) is 0 Å². The molecule has 560 valence electrons. The van der Waals surface area contributed by atoms with Gasteiger partial charge in [-0.1, -0.05) is 427 Å². The van der Waals surface area contributed by atoms with Crippen LogP contribution in [0.15, 0.2) is 455 Å². The number of rotatable bonds is 17. The normalized spacial score (nSPS) is 12.4. The van der Waals surface area contributed by atoms with Gasteiger partial charge in [0.2, 0.25) is 0 Å². The predicted octanol–water partition coefficient (Wildman–Crippen LogP) is 22.1. The Morgan fingerprint density at radius 2 is 0.542 bits per heavy atom. The Kier molecular flexibility index (Phi) is 19.1. The first-order valence-electron chi connectivity index (χ1n) is 41.0. The molecule has 0 aromatic heterocycles. The molecular weight excluding hydrogens is 1480 g/mol. The molecule has 18 aromatic carbocycles. The zero-order valence-electron chi connectivity index (χ0n) is 66.2. The molecular formula is C112H84BClN2Si2. The Morgan fingerprint density at radius 1 is 0.220 bits per heavy atom. The molecule has 2 nitrogen and oxygen atoms in total. The molecule has 0 saturated carbocycles. The second-order valence-corrected chi connectivity index (χ2v) is 40.4. The van der Waals surface area contributed by atoms with E-state index in [-0.39, 0.29) is 12.1 Å². The molecule has 0 bridgehead atoms. The molecule has 0 unspecified atom stereocenters. The molecule has 0 N–H and O–H groups in total. The second-order valence-electron chi connectivity index (χ2n) is 32.4. The van der Waals surface area contributed by atoms with E-state index < -0.39 is 16.1 Å². The van der Waals surface area contributed by atoms with Crippen LogP contribution in [-0.4, -0.2) is 22.9 Å². The number of hydrogen-bond acceptors (Lipinski definition) is 2. The van der Waals surface area contributed by atoms with Crippen molar-refractivity contribution in [3.05, 3.63) is 466 Å². The third-order valence-electron chi connectivity index (χ3n) is 24.5. The van der Waals surface area contributed by atoms with Gasteiger partial charge in [0.25, 0.3) is 6.71 Å². The maximum absolute atomic E-state index is 7.54. The molecule has 20 rings (SSSR count). The first kappa shape index (κ1) is 73.3. The Labute approximate surface area is 700 Å². The highest BCUT2D eigenvalue weighted by Gasteiger charge is 2.49. The van der Waals surface area contributed by atoms with Crippen LogP contribution in [0.5, 0.6) is 0 Å². The molecule has 0 fully saturated rings. The van der Waals surface area contributed by atoms with E-state index >= 15 is 0 Å². The van der Waals surface area contributed by atoms with Crippen molar-refractivity contribution in [3.8, 4) is 77.9 Å². The lowest BCUT2D eigenvalue weighted by molar-refractivity contribution is 0.590. The molecule has 2 aliphatic rings. The monoisotopic (exact) mass is 1560 g/mol. The van der Waals surface area contributed by atoms with Crippen LogP contribution in [0.2, 0.25) is 5.02 Å². The van der Waals surface area contributed by atoms with Crippen LogP contribution >= 0.6 is 11.6 Å². The topological polar surface area (TPSA) is 6.48 Å². The molecule has 0 amide bonds. The third kappa shape index (κ3) is 13.1. The van der Waals surface area contributed by atoms with Crippen LogP contribution in [0, 0.1) is 0 Å². The summed E-state index contributed by atoms with van der Waals surface area (Å²) >= 11 is 7.54. The van der Waals surface area contributed by atoms with E-state index in [9.17, 15) is 0 Å². The summed E-state index contributed by atoms with van der Waals surface area (Å²) in [5.41, 5.74) is 27.0. The van der Waals surface area contributed by atoms with Crippen LogP contribution in [0.25, 0.3) is 77.9 Å². The average Bonchev–Trinajstić information content (AvgIpc) is 0.694. The van der Waals surface area contributed by atoms with Crippen molar-refractivity contribution < 1.29 is 0 Å². The molecule has 0 radical (unpaired) electrons. The first-order valence-corrected chi connectivity index (χ1v) is 45.4. The maximum atomic E-state index is 7.54. The number of benzene rings is 18. The van der Waals surface area contributed by atoms with Gasteiger partial charge < -0.3 is 9.80 Å². The summed E-state index contributed by atoms with van der Waals surface area (Å²) in [5.74, 6) is 0. The van der Waals surface area contributed by atoms with Gasteiger partial charge in [0.1, 0.15) is 0 Å². The van der Waals surface area contributed by atoms with Gasteiger partial charge in [-0.2, -0.15) is 0 Å². The SMILES string of the molecule is CC(C)(C)c1cc2c3c(c1)N(c1ccc(-c4ccccc4)cc1-c1ccccc1)c1cc(-c4cc([Si](c5ccccc5)(c5ccccc5)c5cccc(-c6ccccc6)c5)cc([Si](c5ccccc5)(c5ccccc5)c5cccc(-c6ccccc6)c5)c4)ccc1B3c1ccc(Cl)cc1N2c1cc(-c2ccccc2)cc(-c2ccccc2)c1. The molecule has 2 heterocycles. The second kappa shape index (κ2) is 30.8. The Morgan fingerprint density at radius 3 is 0.966 bits per heavy atom. The van der Waals surface area contributed by atoms with Crippen LogP contribution in [0.1, 0.15) is 26.3 Å². The summed E-state index contributed by atoms with van der Waals surface area (Å²) < 4.78 is 0. The minimum Gasteiger partial charge on any atom is -0.311 e. The van der Waals surface area contributed by atoms with E-state index in [0.29, 0.717) is 5.02 Å². The van der Waals surface area contributed by atoms with Gasteiger partial charge in [0.05, 0.1) is 5.69 Å². The van der Waals surface area contributed by atoms with Crippen molar-refractivity contribution >= 4 is 126 Å². The molecule has 6 heteroatoms. The van der Waals surface area contributed by atoms with Gasteiger partial charge >= 0.3 is 0 Å². The van der Waals surface area contributed by atoms with E-state index in [1.54, 1.807) is 0 Å². The summed E-state index contributed by atoms with van der Waals surface area (Å²) in [6, 6.07) is 172. The van der Waals surface area contributed by atoms with Gasteiger partial charge in [0.15, 0.2) is 16.1 Å². The summed E-state index contributed by atoms with van der Waals surface area (Å²) in [6.45, 7) is 6.85. The zero-order chi connectivity index (χ0) is 79.3. The summed E-state index contributed by atoms with van der Waals surface area (Å²) in [6.07, 6.45) is 0. The Hall–Kier alpha value is -13.7. The van der Waals surface area contributed by atoms with E-state index in [0.717, 1.165) is 89.8 Å². The van der Waals surface area contributed by atoms with Crippen LogP contribution in [-0.2, 0) is 5.41 Å². The largest absolute Gasteiger partial charge is 0.311 e. The smallest absolute Gasteiger partial charge is 0.252 e. The van der Waals surface area contributed by atoms with Gasteiger partial charge in [-0.3, -0.25) is 0 Å². The number of fused-ring (bicyclic) bond motifs is 4. The van der Waals surface area contributed by atoms with Crippen molar-refractivity contribution in [3.63, 3.8) is 0 Å². The molecule has 18 aromatic rings. The van der Waals surface area contributed by atoms with Crippen molar-refractivity contribution in [2.45, 2.75) is 26.2 Å². The van der Waals surface area contributed by atoms with E-state index in [1.807, 2.05) is 0 Å². The molecule has 0 spiro atoms. The van der Waals surface area contributed by atoms with Crippen LogP contribution in [0.3, 0.4) is 0 Å². The number of nitrogens with zero attached hydrogens (tertiary/aromatic N) is 2. The highest BCUT2D eigenvalue weighted by atomic mass is 35.5. The van der Waals surface area contributed by atoms with Crippen LogP contribution < -0.4 is 67.7 Å². The zero-order valence-corrected chi connectivity index (χ0v) is 68.9. The molecule has 0 saturated heterocycles. The van der Waals surface area contributed by atoms with E-state index in [4.69, 9.17) is 11.6 Å². The molecule has 0 aliphatic carbocycles. The Balaban J connectivity index is 0.924. The lowest BCUT2D eigenvalue weighted by Crippen LogP contribution is -2.78. The first-order chi connectivity index (χ1) is 58.0. The molecule has 2 aliphatic heterocycles. The number of halogens is 1. The minimum atomic E-state index is -3.49. The predicted molar refractivity (Wildman–Crippen MR) is 509 cm³/mol. The van der Waals surface area contributed by atoms with Crippen molar-refractivity contribution in [2.75, 3.05) is 9.80 Å². The fourth-order valence-corrected chi connectivity index (χ4v) is 28.9. The fraction of sp³-hybridized carbons (Fsp3) is 0.0357. The standard InChI is InChI=1S/C112H84BClN2Si2/c1-112(2,3)92-75-109-111-110(76-92)116(106-65-61-87(81-40-18-6-19-41-81)73-103(106)84-46-24-9-25-47-84)107-74-88(60-63-104(107)113(111)105-64-62-93(114)77-108(105)115(109)94-67-89(82-42-20-7-21-43-82)66-90(68-94)83-44-22-8-23-45-83)91-71-101(117(95-50-26-10-27-51-95,96-52-28-11-29-53-96)99-58-34-48-85(69-99)79-36-14-4-15-37-79)78-102(72-91)118(97-54-30-12-31-55-97,98-56-32-13-33-57-98)100-59-35-49-86(70-100)80-38-16-5-17-39-80/h4-78H,1-3H3. The summed E-state index contributed by atoms with van der Waals surface area (Å²) in [5, 5.41) is 11.0. The summed E-state index contributed by atoms with van der Waals surface area (Å²) in [7, 11) is -6.99. The van der Waals surface area contributed by atoms with Crippen molar-refractivity contribution in [1.29, 1.82) is 0 Å². The van der Waals surface area contributed by atoms with E-state index in [2.05, 4.69) is 486 Å².